The number of piperazine rings is 1. The fraction of sp³-hybridized carbons (Fsp3) is 0.700. The number of hydrogen-bond acceptors (Lipinski definition) is 1. The lowest BCUT2D eigenvalue weighted by molar-refractivity contribution is -1.03. The summed E-state index contributed by atoms with van der Waals surface area (Å²) in [4.78, 5) is 5.27. The van der Waals surface area contributed by atoms with Crippen LogP contribution in [0, 0.1) is 0 Å². The number of aliphatic hydroxyl groups is 1. The monoisotopic (exact) mass is 334 g/mol. The standard InChI is InChI=1S/C20H33N3O/c24-18-17-22-13-15-23(16-14-22)20-8-11-21(12-9-20)10-4-7-19-5-2-1-3-6-19/h1-3,5-6,20,24H,4,7-18H2/p+3. The van der Waals surface area contributed by atoms with E-state index in [1.165, 1.54) is 77.1 Å². The lowest BCUT2D eigenvalue weighted by Crippen LogP contribution is -3.30. The summed E-state index contributed by atoms with van der Waals surface area (Å²) in [6, 6.07) is 11.8. The largest absolute Gasteiger partial charge is 0.391 e. The Labute approximate surface area is 147 Å². The van der Waals surface area contributed by atoms with Crippen LogP contribution in [0.15, 0.2) is 30.3 Å². The minimum Gasteiger partial charge on any atom is -0.391 e. The smallest absolute Gasteiger partial charge is 0.127 e. The third kappa shape index (κ3) is 5.28. The van der Waals surface area contributed by atoms with Gasteiger partial charge in [0.25, 0.3) is 0 Å². The van der Waals surface area contributed by atoms with Gasteiger partial charge in [-0.3, -0.25) is 0 Å². The van der Waals surface area contributed by atoms with Crippen LogP contribution in [0.25, 0.3) is 0 Å². The number of aliphatic hydroxyl groups excluding tert-OH is 1. The van der Waals surface area contributed by atoms with Crippen LogP contribution in [0.2, 0.25) is 0 Å². The Kier molecular flexibility index (Phi) is 7.09. The van der Waals surface area contributed by atoms with Gasteiger partial charge in [0.15, 0.2) is 0 Å². The SMILES string of the molecule is OCC[NH+]1CC[NH+](C2CC[NH+](CCCc3ccccc3)CC2)CC1. The first kappa shape index (κ1) is 17.9. The molecule has 0 radical (unpaired) electrons. The average Bonchev–Trinajstić information content (AvgIpc) is 2.64. The van der Waals surface area contributed by atoms with E-state index >= 15 is 0 Å². The molecule has 2 fully saturated rings. The molecular formula is C20H36N3O+3. The highest BCUT2D eigenvalue weighted by molar-refractivity contribution is 5.14. The number of hydrogen-bond donors (Lipinski definition) is 4. The van der Waals surface area contributed by atoms with Gasteiger partial charge in [0.2, 0.25) is 0 Å². The molecule has 134 valence electrons. The summed E-state index contributed by atoms with van der Waals surface area (Å²) in [5.41, 5.74) is 1.49. The lowest BCUT2D eigenvalue weighted by atomic mass is 10.0. The maximum absolute atomic E-state index is 9.08. The Bertz CT molecular complexity index is 451. The highest BCUT2D eigenvalue weighted by atomic mass is 16.3. The van der Waals surface area contributed by atoms with Gasteiger partial charge in [-0.05, 0) is 12.0 Å². The first-order valence-electron chi connectivity index (χ1n) is 10.0. The van der Waals surface area contributed by atoms with Gasteiger partial charge in [-0.25, -0.2) is 0 Å². The van der Waals surface area contributed by atoms with Gasteiger partial charge >= 0.3 is 0 Å². The molecular weight excluding hydrogens is 298 g/mol. The summed E-state index contributed by atoms with van der Waals surface area (Å²) < 4.78 is 0. The number of piperidine rings is 1. The maximum Gasteiger partial charge on any atom is 0.127 e. The van der Waals surface area contributed by atoms with Gasteiger partial charge in [0, 0.05) is 19.3 Å². The molecule has 1 aromatic rings. The van der Waals surface area contributed by atoms with Crippen molar-refractivity contribution in [2.24, 2.45) is 0 Å². The van der Waals surface area contributed by atoms with Crippen LogP contribution in [0.1, 0.15) is 24.8 Å². The molecule has 4 heteroatoms. The topological polar surface area (TPSA) is 33.6 Å². The molecule has 0 atom stereocenters. The van der Waals surface area contributed by atoms with Crippen molar-refractivity contribution >= 4 is 0 Å². The van der Waals surface area contributed by atoms with E-state index in [1.54, 1.807) is 4.90 Å². The Hall–Kier alpha value is -0.940. The highest BCUT2D eigenvalue weighted by Crippen LogP contribution is 2.01. The quantitative estimate of drug-likeness (QED) is 0.435. The van der Waals surface area contributed by atoms with E-state index in [-0.39, 0.29) is 0 Å². The fourth-order valence-electron chi connectivity index (χ4n) is 4.61. The Morgan fingerprint density at radius 1 is 0.833 bits per heavy atom. The number of benzene rings is 1. The van der Waals surface area contributed by atoms with Crippen molar-refractivity contribution in [2.45, 2.75) is 31.7 Å². The summed E-state index contributed by atoms with van der Waals surface area (Å²) in [6.07, 6.45) is 5.37. The van der Waals surface area contributed by atoms with Crippen LogP contribution in [0.5, 0.6) is 0 Å². The molecule has 2 aliphatic rings. The van der Waals surface area contributed by atoms with Gasteiger partial charge in [0.05, 0.1) is 32.3 Å². The zero-order valence-corrected chi connectivity index (χ0v) is 15.1. The van der Waals surface area contributed by atoms with Gasteiger partial charge in [-0.2, -0.15) is 0 Å². The minimum atomic E-state index is 0.343. The lowest BCUT2D eigenvalue weighted by Gasteiger charge is -2.37. The van der Waals surface area contributed by atoms with Crippen LogP contribution >= 0.6 is 0 Å². The fourth-order valence-corrected chi connectivity index (χ4v) is 4.61. The van der Waals surface area contributed by atoms with Crippen LogP contribution in [-0.2, 0) is 6.42 Å². The Balaban J connectivity index is 1.31. The number of likely N-dealkylation sites (tertiary alicyclic amines) is 1. The van der Waals surface area contributed by atoms with Crippen molar-refractivity contribution < 1.29 is 19.8 Å². The number of aryl methyl sites for hydroxylation is 1. The first-order valence-corrected chi connectivity index (χ1v) is 10.0. The van der Waals surface area contributed by atoms with Crippen molar-refractivity contribution in [3.8, 4) is 0 Å². The van der Waals surface area contributed by atoms with Crippen molar-refractivity contribution in [3.05, 3.63) is 35.9 Å². The second-order valence-corrected chi connectivity index (χ2v) is 7.75. The first-order chi connectivity index (χ1) is 11.8. The molecule has 0 aliphatic carbocycles. The summed E-state index contributed by atoms with van der Waals surface area (Å²) in [6.45, 7) is 10.5. The molecule has 0 aromatic heterocycles. The van der Waals surface area contributed by atoms with E-state index in [1.807, 2.05) is 9.80 Å². The van der Waals surface area contributed by atoms with Gasteiger partial charge < -0.3 is 19.8 Å². The van der Waals surface area contributed by atoms with Crippen molar-refractivity contribution in [1.82, 2.24) is 0 Å². The van der Waals surface area contributed by atoms with E-state index in [4.69, 9.17) is 5.11 Å². The van der Waals surface area contributed by atoms with E-state index in [9.17, 15) is 0 Å². The summed E-state index contributed by atoms with van der Waals surface area (Å²) in [7, 11) is 0. The van der Waals surface area contributed by atoms with E-state index in [2.05, 4.69) is 30.3 Å². The normalized spacial score (nSPS) is 31.0. The number of rotatable bonds is 7. The predicted molar refractivity (Wildman–Crippen MR) is 96.7 cm³/mol. The van der Waals surface area contributed by atoms with E-state index < -0.39 is 0 Å². The summed E-state index contributed by atoms with van der Waals surface area (Å²) in [5.74, 6) is 0. The number of quaternary nitrogens is 3. The average molecular weight is 335 g/mol. The van der Waals surface area contributed by atoms with Crippen LogP contribution < -0.4 is 14.7 Å². The highest BCUT2D eigenvalue weighted by Gasteiger charge is 2.33. The van der Waals surface area contributed by atoms with Crippen LogP contribution in [-0.4, -0.2) is 70.1 Å². The molecule has 0 spiro atoms. The molecule has 0 bridgehead atoms. The summed E-state index contributed by atoms with van der Waals surface area (Å²) in [5, 5.41) is 9.08. The Morgan fingerprint density at radius 3 is 2.17 bits per heavy atom. The van der Waals surface area contributed by atoms with Crippen molar-refractivity contribution in [3.63, 3.8) is 0 Å². The molecule has 1 aromatic carbocycles. The molecule has 0 amide bonds. The predicted octanol–water partition coefficient (Wildman–Crippen LogP) is -2.56. The van der Waals surface area contributed by atoms with E-state index in [0.717, 1.165) is 12.6 Å². The second-order valence-electron chi connectivity index (χ2n) is 7.75. The third-order valence-electron chi connectivity index (χ3n) is 6.17. The maximum atomic E-state index is 9.08. The zero-order valence-electron chi connectivity index (χ0n) is 15.1. The molecule has 0 saturated carbocycles. The zero-order chi connectivity index (χ0) is 16.6. The molecule has 2 saturated heterocycles. The van der Waals surface area contributed by atoms with Crippen LogP contribution in [0.3, 0.4) is 0 Å². The number of nitrogens with one attached hydrogen (secondary N) is 3. The van der Waals surface area contributed by atoms with Crippen molar-refractivity contribution in [2.75, 3.05) is 59.0 Å². The molecule has 24 heavy (non-hydrogen) atoms. The Morgan fingerprint density at radius 2 is 1.50 bits per heavy atom. The van der Waals surface area contributed by atoms with Gasteiger partial charge in [0.1, 0.15) is 32.7 Å². The van der Waals surface area contributed by atoms with Gasteiger partial charge in [-0.1, -0.05) is 30.3 Å². The van der Waals surface area contributed by atoms with E-state index in [0.29, 0.717) is 6.61 Å². The molecule has 4 N–H and O–H groups in total. The molecule has 4 nitrogen and oxygen atoms in total. The van der Waals surface area contributed by atoms with Crippen LogP contribution in [0.4, 0.5) is 0 Å². The minimum absolute atomic E-state index is 0.343. The third-order valence-corrected chi connectivity index (χ3v) is 6.17. The summed E-state index contributed by atoms with van der Waals surface area (Å²) >= 11 is 0. The molecule has 3 rings (SSSR count). The molecule has 2 aliphatic heterocycles. The van der Waals surface area contributed by atoms with Crippen molar-refractivity contribution in [1.29, 1.82) is 0 Å². The second kappa shape index (κ2) is 9.52. The molecule has 2 heterocycles. The van der Waals surface area contributed by atoms with Gasteiger partial charge in [-0.15, -0.1) is 0 Å². The molecule has 0 unspecified atom stereocenters.